The Morgan fingerprint density at radius 3 is 2.62 bits per heavy atom. The molecule has 0 saturated carbocycles. The van der Waals surface area contributed by atoms with Gasteiger partial charge in [0.15, 0.2) is 0 Å². The van der Waals surface area contributed by atoms with Gasteiger partial charge in [-0.2, -0.15) is 4.31 Å². The van der Waals surface area contributed by atoms with E-state index < -0.39 is 21.2 Å². The van der Waals surface area contributed by atoms with Gasteiger partial charge in [-0.1, -0.05) is 17.4 Å². The van der Waals surface area contributed by atoms with Gasteiger partial charge in [-0.05, 0) is 77.1 Å². The summed E-state index contributed by atoms with van der Waals surface area (Å²) in [6.07, 6.45) is 3.09. The summed E-state index contributed by atoms with van der Waals surface area (Å²) < 4.78 is 33.6. The smallest absolute Gasteiger partial charge is 0.346 e. The molecule has 186 valence electrons. The number of nitrogens with one attached hydrogen (secondary N) is 1. The van der Waals surface area contributed by atoms with E-state index in [9.17, 15) is 18.3 Å². The van der Waals surface area contributed by atoms with Crippen LogP contribution in [0, 0.1) is 23.2 Å². The van der Waals surface area contributed by atoms with Crippen molar-refractivity contribution in [2.24, 2.45) is 11.3 Å². The molecule has 34 heavy (non-hydrogen) atoms. The van der Waals surface area contributed by atoms with Crippen molar-refractivity contribution in [2.45, 2.75) is 51.7 Å². The molecular weight excluding hydrogens is 472 g/mol. The molecule has 1 atom stereocenters. The summed E-state index contributed by atoms with van der Waals surface area (Å²) in [7, 11) is -3.52. The fraction of sp³-hybridized carbons (Fsp3) is 0.640. The lowest BCUT2D eigenvalue weighted by molar-refractivity contribution is 0.0702. The molecule has 1 aromatic rings. The van der Waals surface area contributed by atoms with Gasteiger partial charge in [0, 0.05) is 30.7 Å². The van der Waals surface area contributed by atoms with Gasteiger partial charge in [0.25, 0.3) is 0 Å². The maximum Gasteiger partial charge on any atom is 0.346 e. The highest BCUT2D eigenvalue weighted by Crippen LogP contribution is 2.40. The Bertz CT molecular complexity index is 1120. The van der Waals surface area contributed by atoms with Crippen LogP contribution in [-0.4, -0.2) is 68.4 Å². The zero-order valence-corrected chi connectivity index (χ0v) is 21.8. The summed E-state index contributed by atoms with van der Waals surface area (Å²) >= 11 is 1.18. The largest absolute Gasteiger partial charge is 0.477 e. The second-order valence-corrected chi connectivity index (χ2v) is 13.6. The van der Waals surface area contributed by atoms with Crippen LogP contribution in [0.4, 0.5) is 0 Å². The number of carbonyl (C=O) groups is 1. The number of ether oxygens (including phenoxy) is 1. The van der Waals surface area contributed by atoms with Crippen molar-refractivity contribution in [2.75, 3.05) is 39.4 Å². The normalized spacial score (nSPS) is 23.1. The molecule has 2 N–H and O–H groups in total. The standard InChI is InChI=1S/C25H34N2O5S2/c1-25(2,3)9-4-18-14-21(23(33-18)24(28)29)22-15-27(34(30,31)19-8-13-32-16-19)12-7-20(22)17-5-10-26-11-6-17/h14,17,19,26H,5-8,10-13,15-16H2,1-3H3,(H,28,29). The first-order chi connectivity index (χ1) is 16.1. The molecule has 4 rings (SSSR count). The minimum Gasteiger partial charge on any atom is -0.477 e. The first-order valence-electron chi connectivity index (χ1n) is 12.0. The molecule has 0 aromatic carbocycles. The quantitative estimate of drug-likeness (QED) is 0.594. The Morgan fingerprint density at radius 1 is 1.26 bits per heavy atom. The van der Waals surface area contributed by atoms with Crippen molar-refractivity contribution < 1.29 is 23.1 Å². The number of aromatic carboxylic acids is 1. The average Bonchev–Trinajstić information content (AvgIpc) is 3.48. The van der Waals surface area contributed by atoms with Gasteiger partial charge in [0.1, 0.15) is 10.1 Å². The van der Waals surface area contributed by atoms with E-state index in [1.165, 1.54) is 16.9 Å². The molecule has 0 spiro atoms. The summed E-state index contributed by atoms with van der Waals surface area (Å²) in [5.74, 6) is 5.67. The van der Waals surface area contributed by atoms with Gasteiger partial charge in [0.05, 0.1) is 11.5 Å². The summed E-state index contributed by atoms with van der Waals surface area (Å²) in [4.78, 5) is 13.2. The van der Waals surface area contributed by atoms with Crippen molar-refractivity contribution in [3.63, 3.8) is 0 Å². The molecule has 2 fully saturated rings. The van der Waals surface area contributed by atoms with E-state index in [1.54, 1.807) is 4.31 Å². The predicted octanol–water partition coefficient (Wildman–Crippen LogP) is 3.42. The second-order valence-electron chi connectivity index (χ2n) is 10.3. The third kappa shape index (κ3) is 5.58. The predicted molar refractivity (Wildman–Crippen MR) is 134 cm³/mol. The topological polar surface area (TPSA) is 95.9 Å². The van der Waals surface area contributed by atoms with Gasteiger partial charge in [-0.15, -0.1) is 11.3 Å². The van der Waals surface area contributed by atoms with E-state index in [2.05, 4.69) is 17.2 Å². The number of hydrogen-bond donors (Lipinski definition) is 2. The maximum atomic E-state index is 13.4. The molecule has 1 unspecified atom stereocenters. The van der Waals surface area contributed by atoms with Crippen molar-refractivity contribution >= 4 is 32.9 Å². The Balaban J connectivity index is 1.77. The van der Waals surface area contributed by atoms with Crippen LogP contribution in [0.2, 0.25) is 0 Å². The minimum atomic E-state index is -3.52. The molecule has 3 aliphatic rings. The average molecular weight is 507 g/mol. The van der Waals surface area contributed by atoms with Gasteiger partial charge in [0.2, 0.25) is 10.0 Å². The minimum absolute atomic E-state index is 0.202. The molecule has 0 aliphatic carbocycles. The lowest BCUT2D eigenvalue weighted by atomic mass is 9.81. The molecule has 7 nitrogen and oxygen atoms in total. The number of nitrogens with zero attached hydrogens (tertiary/aromatic N) is 1. The number of carboxylic acids is 1. The Hall–Kier alpha value is -1.70. The fourth-order valence-electron chi connectivity index (χ4n) is 4.89. The van der Waals surface area contributed by atoms with Crippen molar-refractivity contribution in [1.29, 1.82) is 0 Å². The van der Waals surface area contributed by atoms with Crippen LogP contribution in [0.3, 0.4) is 0 Å². The van der Waals surface area contributed by atoms with E-state index in [4.69, 9.17) is 4.74 Å². The summed E-state index contributed by atoms with van der Waals surface area (Å²) in [6, 6.07) is 1.86. The molecule has 0 bridgehead atoms. The molecule has 2 saturated heterocycles. The first-order valence-corrected chi connectivity index (χ1v) is 14.3. The van der Waals surface area contributed by atoms with Crippen LogP contribution in [0.15, 0.2) is 11.6 Å². The van der Waals surface area contributed by atoms with E-state index in [0.717, 1.165) is 31.5 Å². The van der Waals surface area contributed by atoms with E-state index in [0.29, 0.717) is 42.4 Å². The van der Waals surface area contributed by atoms with Gasteiger partial charge < -0.3 is 15.2 Å². The SMILES string of the molecule is CC(C)(C)C#Cc1cc(C2=C(C3CCNCC3)CCN(S(=O)(=O)C3CCOC3)C2)c(C(=O)O)s1. The maximum absolute atomic E-state index is 13.4. The summed E-state index contributed by atoms with van der Waals surface area (Å²) in [6.45, 7) is 9.21. The monoisotopic (exact) mass is 506 g/mol. The number of hydrogen-bond acceptors (Lipinski definition) is 6. The lowest BCUT2D eigenvalue weighted by Crippen LogP contribution is -2.43. The van der Waals surface area contributed by atoms with Crippen LogP contribution in [0.25, 0.3) is 5.57 Å². The molecule has 0 amide bonds. The van der Waals surface area contributed by atoms with Crippen LogP contribution < -0.4 is 5.32 Å². The highest BCUT2D eigenvalue weighted by molar-refractivity contribution is 7.89. The van der Waals surface area contributed by atoms with E-state index in [-0.39, 0.29) is 23.4 Å². The molecule has 1 aromatic heterocycles. The number of sulfonamides is 1. The summed E-state index contributed by atoms with van der Waals surface area (Å²) in [5.41, 5.74) is 2.50. The lowest BCUT2D eigenvalue weighted by Gasteiger charge is -2.36. The van der Waals surface area contributed by atoms with E-state index >= 15 is 0 Å². The Kier molecular flexibility index (Phi) is 7.56. The third-order valence-electron chi connectivity index (χ3n) is 6.67. The van der Waals surface area contributed by atoms with Crippen molar-refractivity contribution in [3.05, 3.63) is 27.0 Å². The molecule has 4 heterocycles. The fourth-order valence-corrected chi connectivity index (χ4v) is 7.51. The number of thiophene rings is 1. The van der Waals surface area contributed by atoms with Crippen LogP contribution in [0.5, 0.6) is 0 Å². The molecule has 0 radical (unpaired) electrons. The molecular formula is C25H34N2O5S2. The van der Waals surface area contributed by atoms with Crippen molar-refractivity contribution in [1.82, 2.24) is 9.62 Å². The highest BCUT2D eigenvalue weighted by Gasteiger charge is 2.39. The Morgan fingerprint density at radius 2 is 2.00 bits per heavy atom. The summed E-state index contributed by atoms with van der Waals surface area (Å²) in [5, 5.41) is 12.9. The zero-order valence-electron chi connectivity index (χ0n) is 20.1. The third-order valence-corrected chi connectivity index (χ3v) is 9.95. The van der Waals surface area contributed by atoms with Gasteiger partial charge >= 0.3 is 5.97 Å². The van der Waals surface area contributed by atoms with E-state index in [1.807, 2.05) is 26.8 Å². The molecule has 9 heteroatoms. The molecule has 3 aliphatic heterocycles. The van der Waals surface area contributed by atoms with Gasteiger partial charge in [-0.25, -0.2) is 13.2 Å². The first kappa shape index (κ1) is 25.4. The number of piperidine rings is 1. The Labute approximate surface area is 206 Å². The van der Waals surface area contributed by atoms with Crippen LogP contribution in [0.1, 0.15) is 66.6 Å². The number of carboxylic acid groups (broad SMARTS) is 1. The highest BCUT2D eigenvalue weighted by atomic mass is 32.2. The van der Waals surface area contributed by atoms with Crippen molar-refractivity contribution in [3.8, 4) is 11.8 Å². The number of rotatable bonds is 5. The second kappa shape index (κ2) is 10.1. The van der Waals surface area contributed by atoms with Crippen LogP contribution >= 0.6 is 11.3 Å². The van der Waals surface area contributed by atoms with Crippen LogP contribution in [-0.2, 0) is 14.8 Å². The zero-order chi connectivity index (χ0) is 24.5. The van der Waals surface area contributed by atoms with Gasteiger partial charge in [-0.3, -0.25) is 0 Å².